The van der Waals surface area contributed by atoms with Crippen molar-refractivity contribution in [3.63, 3.8) is 0 Å². The zero-order valence-electron chi connectivity index (χ0n) is 9.45. The van der Waals surface area contributed by atoms with Gasteiger partial charge in [0.15, 0.2) is 0 Å². The van der Waals surface area contributed by atoms with Crippen molar-refractivity contribution >= 4 is 0 Å². The monoisotopic (exact) mass is 200 g/mol. The third-order valence-electron chi connectivity index (χ3n) is 3.44. The van der Waals surface area contributed by atoms with Crippen LogP contribution < -0.4 is 5.73 Å². The van der Waals surface area contributed by atoms with Crippen molar-refractivity contribution in [3.05, 3.63) is 0 Å². The van der Waals surface area contributed by atoms with Crippen LogP contribution in [0.25, 0.3) is 0 Å². The van der Waals surface area contributed by atoms with E-state index in [2.05, 4.69) is 18.7 Å². The molecule has 0 radical (unpaired) electrons. The number of likely N-dealkylation sites (tertiary alicyclic amines) is 1. The van der Waals surface area contributed by atoms with E-state index in [9.17, 15) is 5.11 Å². The van der Waals surface area contributed by atoms with Crippen molar-refractivity contribution < 1.29 is 5.11 Å². The highest BCUT2D eigenvalue weighted by atomic mass is 16.3. The van der Waals surface area contributed by atoms with E-state index < -0.39 is 0 Å². The van der Waals surface area contributed by atoms with Gasteiger partial charge in [0.25, 0.3) is 0 Å². The van der Waals surface area contributed by atoms with Crippen LogP contribution in [0, 0.1) is 5.92 Å². The Morgan fingerprint density at radius 1 is 1.43 bits per heavy atom. The molecule has 1 fully saturated rings. The van der Waals surface area contributed by atoms with Gasteiger partial charge >= 0.3 is 0 Å². The lowest BCUT2D eigenvalue weighted by Crippen LogP contribution is -2.52. The summed E-state index contributed by atoms with van der Waals surface area (Å²) in [4.78, 5) is 2.36. The number of nitrogens with two attached hydrogens (primary N) is 1. The quantitative estimate of drug-likeness (QED) is 0.706. The van der Waals surface area contributed by atoms with Gasteiger partial charge < -0.3 is 10.8 Å². The largest absolute Gasteiger partial charge is 0.395 e. The van der Waals surface area contributed by atoms with Crippen LogP contribution in [0.15, 0.2) is 0 Å². The van der Waals surface area contributed by atoms with E-state index in [1.54, 1.807) is 0 Å². The molecule has 3 heteroatoms. The molecular formula is C11H24N2O. The van der Waals surface area contributed by atoms with Crippen LogP contribution in [0.3, 0.4) is 0 Å². The van der Waals surface area contributed by atoms with E-state index in [1.165, 1.54) is 12.8 Å². The fourth-order valence-corrected chi connectivity index (χ4v) is 2.15. The van der Waals surface area contributed by atoms with Crippen LogP contribution in [0.2, 0.25) is 0 Å². The van der Waals surface area contributed by atoms with E-state index >= 15 is 0 Å². The minimum Gasteiger partial charge on any atom is -0.395 e. The fraction of sp³-hybridized carbons (Fsp3) is 1.00. The maximum Gasteiger partial charge on any atom is 0.0601 e. The van der Waals surface area contributed by atoms with E-state index in [4.69, 9.17) is 5.73 Å². The summed E-state index contributed by atoms with van der Waals surface area (Å²) in [7, 11) is 0. The van der Waals surface area contributed by atoms with E-state index in [-0.39, 0.29) is 18.7 Å². The average molecular weight is 200 g/mol. The Bertz CT molecular complexity index is 155. The maximum atomic E-state index is 9.32. The second-order valence-corrected chi connectivity index (χ2v) is 4.54. The summed E-state index contributed by atoms with van der Waals surface area (Å²) in [5, 5.41) is 9.32. The third-order valence-corrected chi connectivity index (χ3v) is 3.44. The summed E-state index contributed by atoms with van der Waals surface area (Å²) < 4.78 is 0. The van der Waals surface area contributed by atoms with Gasteiger partial charge in [0, 0.05) is 12.1 Å². The SMILES string of the molecule is CCC(N)C(CO)N1CCC(C)CC1. The van der Waals surface area contributed by atoms with Gasteiger partial charge in [-0.05, 0) is 38.3 Å². The molecule has 0 aromatic rings. The summed E-state index contributed by atoms with van der Waals surface area (Å²) in [5.74, 6) is 0.837. The molecule has 14 heavy (non-hydrogen) atoms. The summed E-state index contributed by atoms with van der Waals surface area (Å²) in [6, 6.07) is 0.293. The topological polar surface area (TPSA) is 49.5 Å². The summed E-state index contributed by atoms with van der Waals surface area (Å²) in [6.07, 6.45) is 3.43. The van der Waals surface area contributed by atoms with E-state index in [0.29, 0.717) is 0 Å². The Hall–Kier alpha value is -0.120. The highest BCUT2D eigenvalue weighted by Crippen LogP contribution is 2.19. The van der Waals surface area contributed by atoms with Gasteiger partial charge in [-0.15, -0.1) is 0 Å². The lowest BCUT2D eigenvalue weighted by molar-refractivity contribution is 0.0735. The van der Waals surface area contributed by atoms with Crippen LogP contribution in [0.4, 0.5) is 0 Å². The summed E-state index contributed by atoms with van der Waals surface area (Å²) >= 11 is 0. The van der Waals surface area contributed by atoms with Gasteiger partial charge in [-0.25, -0.2) is 0 Å². The van der Waals surface area contributed by atoms with Crippen LogP contribution in [-0.4, -0.2) is 41.8 Å². The maximum absolute atomic E-state index is 9.32. The Kier molecular flexibility index (Phi) is 4.85. The summed E-state index contributed by atoms with van der Waals surface area (Å²) in [6.45, 7) is 6.77. The van der Waals surface area contributed by atoms with Crippen molar-refractivity contribution in [2.24, 2.45) is 11.7 Å². The van der Waals surface area contributed by atoms with Crippen LogP contribution >= 0.6 is 0 Å². The molecule has 1 aliphatic rings. The molecule has 0 aromatic carbocycles. The average Bonchev–Trinajstić information content (AvgIpc) is 2.21. The van der Waals surface area contributed by atoms with Crippen molar-refractivity contribution in [2.45, 2.75) is 45.2 Å². The first-order chi connectivity index (χ1) is 6.69. The van der Waals surface area contributed by atoms with Crippen LogP contribution in [0.5, 0.6) is 0 Å². The fourth-order valence-electron chi connectivity index (χ4n) is 2.15. The molecule has 2 unspecified atom stereocenters. The lowest BCUT2D eigenvalue weighted by Gasteiger charge is -2.38. The zero-order valence-corrected chi connectivity index (χ0v) is 9.45. The van der Waals surface area contributed by atoms with Crippen molar-refractivity contribution in [3.8, 4) is 0 Å². The Labute approximate surface area is 87.3 Å². The van der Waals surface area contributed by atoms with Crippen molar-refractivity contribution in [1.29, 1.82) is 0 Å². The van der Waals surface area contributed by atoms with Crippen LogP contribution in [-0.2, 0) is 0 Å². The second kappa shape index (κ2) is 5.69. The Morgan fingerprint density at radius 2 is 2.00 bits per heavy atom. The van der Waals surface area contributed by atoms with Crippen molar-refractivity contribution in [1.82, 2.24) is 4.90 Å². The molecule has 1 aliphatic heterocycles. The minimum atomic E-state index is 0.119. The number of aliphatic hydroxyl groups is 1. The molecule has 1 rings (SSSR count). The van der Waals surface area contributed by atoms with Gasteiger partial charge in [-0.1, -0.05) is 13.8 Å². The standard InChI is InChI=1S/C11H24N2O/c1-3-10(12)11(8-14)13-6-4-9(2)5-7-13/h9-11,14H,3-8,12H2,1-2H3. The lowest BCUT2D eigenvalue weighted by atomic mass is 9.96. The number of hydrogen-bond acceptors (Lipinski definition) is 3. The molecule has 1 saturated heterocycles. The normalized spacial score (nSPS) is 24.9. The molecule has 3 nitrogen and oxygen atoms in total. The van der Waals surface area contributed by atoms with Gasteiger partial charge in [-0.3, -0.25) is 4.90 Å². The van der Waals surface area contributed by atoms with E-state index in [1.807, 2.05) is 0 Å². The zero-order chi connectivity index (χ0) is 10.6. The van der Waals surface area contributed by atoms with Crippen molar-refractivity contribution in [2.75, 3.05) is 19.7 Å². The molecular weight excluding hydrogens is 176 g/mol. The molecule has 3 N–H and O–H groups in total. The minimum absolute atomic E-state index is 0.119. The molecule has 0 bridgehead atoms. The van der Waals surface area contributed by atoms with Crippen LogP contribution in [0.1, 0.15) is 33.1 Å². The molecule has 0 saturated carbocycles. The second-order valence-electron chi connectivity index (χ2n) is 4.54. The third kappa shape index (κ3) is 2.94. The number of piperidine rings is 1. The summed E-state index contributed by atoms with van der Waals surface area (Å²) in [5.41, 5.74) is 5.99. The number of nitrogens with zero attached hydrogens (tertiary/aromatic N) is 1. The molecule has 0 aromatic heterocycles. The molecule has 84 valence electrons. The molecule has 0 amide bonds. The van der Waals surface area contributed by atoms with E-state index in [0.717, 1.165) is 25.4 Å². The van der Waals surface area contributed by atoms with Gasteiger partial charge in [-0.2, -0.15) is 0 Å². The molecule has 1 heterocycles. The Morgan fingerprint density at radius 3 is 2.43 bits per heavy atom. The number of rotatable bonds is 4. The highest BCUT2D eigenvalue weighted by Gasteiger charge is 2.26. The van der Waals surface area contributed by atoms with Gasteiger partial charge in [0.1, 0.15) is 0 Å². The number of aliphatic hydroxyl groups excluding tert-OH is 1. The predicted molar refractivity (Wildman–Crippen MR) is 59.1 cm³/mol. The molecule has 0 spiro atoms. The first kappa shape index (κ1) is 12.0. The molecule has 0 aliphatic carbocycles. The smallest absolute Gasteiger partial charge is 0.0601 e. The van der Waals surface area contributed by atoms with Gasteiger partial charge in [0.2, 0.25) is 0 Å². The number of hydrogen-bond donors (Lipinski definition) is 2. The first-order valence-electron chi connectivity index (χ1n) is 5.79. The Balaban J connectivity index is 2.44. The predicted octanol–water partition coefficient (Wildman–Crippen LogP) is 0.816. The highest BCUT2D eigenvalue weighted by molar-refractivity contribution is 4.83. The van der Waals surface area contributed by atoms with Gasteiger partial charge in [0.05, 0.1) is 6.61 Å². The first-order valence-corrected chi connectivity index (χ1v) is 5.79. The molecule has 2 atom stereocenters.